The molecule has 3 rings (SSSR count). The molecule has 10 heteroatoms. The number of amides is 3. The fourth-order valence-electron chi connectivity index (χ4n) is 3.10. The molecule has 1 unspecified atom stereocenters. The van der Waals surface area contributed by atoms with E-state index in [-0.39, 0.29) is 28.9 Å². The van der Waals surface area contributed by atoms with Crippen LogP contribution in [0.4, 0.5) is 14.5 Å². The Morgan fingerprint density at radius 1 is 1.06 bits per heavy atom. The Bertz CT molecular complexity index is 1090. The molecule has 2 aromatic rings. The van der Waals surface area contributed by atoms with Gasteiger partial charge in [-0.1, -0.05) is 0 Å². The summed E-state index contributed by atoms with van der Waals surface area (Å²) in [5.41, 5.74) is -0.0698. The third-order valence-corrected chi connectivity index (χ3v) is 4.78. The summed E-state index contributed by atoms with van der Waals surface area (Å²) < 4.78 is 36.7. The molecule has 0 bridgehead atoms. The summed E-state index contributed by atoms with van der Waals surface area (Å²) in [6.07, 6.45) is -0.846. The Morgan fingerprint density at radius 3 is 2.47 bits per heavy atom. The number of methoxy groups -OCH3 is 1. The molecule has 1 N–H and O–H groups in total. The molecule has 0 aliphatic carbocycles. The molecule has 0 saturated heterocycles. The molecule has 1 aliphatic heterocycles. The molecular formula is C22H20F2N2O6. The van der Waals surface area contributed by atoms with Crippen molar-refractivity contribution in [3.63, 3.8) is 0 Å². The highest BCUT2D eigenvalue weighted by Crippen LogP contribution is 2.25. The molecule has 2 aromatic carbocycles. The van der Waals surface area contributed by atoms with Crippen molar-refractivity contribution in [2.45, 2.75) is 19.4 Å². The number of rotatable bonds is 8. The predicted molar refractivity (Wildman–Crippen MR) is 108 cm³/mol. The van der Waals surface area contributed by atoms with Crippen molar-refractivity contribution in [2.75, 3.05) is 25.6 Å². The first-order valence-corrected chi connectivity index (χ1v) is 9.69. The summed E-state index contributed by atoms with van der Waals surface area (Å²) in [7, 11) is 1.51. The van der Waals surface area contributed by atoms with Gasteiger partial charge in [-0.15, -0.1) is 0 Å². The topological polar surface area (TPSA) is 102 Å². The van der Waals surface area contributed by atoms with Gasteiger partial charge in [0.05, 0.1) is 22.4 Å². The maximum absolute atomic E-state index is 13.7. The van der Waals surface area contributed by atoms with Crippen molar-refractivity contribution in [2.24, 2.45) is 0 Å². The molecule has 1 aliphatic rings. The third kappa shape index (κ3) is 4.80. The second-order valence-corrected chi connectivity index (χ2v) is 7.03. The average molecular weight is 446 g/mol. The molecule has 0 fully saturated rings. The number of imide groups is 1. The van der Waals surface area contributed by atoms with Gasteiger partial charge in [-0.2, -0.15) is 0 Å². The van der Waals surface area contributed by atoms with E-state index in [9.17, 15) is 28.0 Å². The van der Waals surface area contributed by atoms with Gasteiger partial charge in [0.25, 0.3) is 17.7 Å². The lowest BCUT2D eigenvalue weighted by Crippen LogP contribution is -2.31. The molecule has 0 spiro atoms. The number of halogens is 2. The fraction of sp³-hybridized carbons (Fsp3) is 0.273. The van der Waals surface area contributed by atoms with E-state index in [1.165, 1.54) is 32.2 Å². The van der Waals surface area contributed by atoms with Gasteiger partial charge in [0.15, 0.2) is 6.10 Å². The Hall–Kier alpha value is -3.66. The second-order valence-electron chi connectivity index (χ2n) is 7.03. The highest BCUT2D eigenvalue weighted by atomic mass is 19.1. The number of anilines is 1. The lowest BCUT2D eigenvalue weighted by molar-refractivity contribution is -0.123. The van der Waals surface area contributed by atoms with Crippen LogP contribution in [0.3, 0.4) is 0 Å². The van der Waals surface area contributed by atoms with Crippen LogP contribution in [-0.4, -0.2) is 55.0 Å². The summed E-state index contributed by atoms with van der Waals surface area (Å²) >= 11 is 0. The molecule has 0 aromatic heterocycles. The Balaban J connectivity index is 1.67. The zero-order chi connectivity index (χ0) is 23.4. The minimum absolute atomic E-state index is 0.0312. The van der Waals surface area contributed by atoms with E-state index in [0.717, 1.165) is 17.0 Å². The summed E-state index contributed by atoms with van der Waals surface area (Å²) in [5, 5.41) is 2.21. The van der Waals surface area contributed by atoms with Crippen molar-refractivity contribution >= 4 is 29.4 Å². The van der Waals surface area contributed by atoms with Crippen LogP contribution in [0.25, 0.3) is 0 Å². The van der Waals surface area contributed by atoms with Crippen molar-refractivity contribution in [3.05, 3.63) is 64.7 Å². The molecule has 32 heavy (non-hydrogen) atoms. The number of benzene rings is 2. The number of hydrogen-bond acceptors (Lipinski definition) is 6. The first kappa shape index (κ1) is 23.0. The number of esters is 1. The van der Waals surface area contributed by atoms with E-state index in [0.29, 0.717) is 19.1 Å². The predicted octanol–water partition coefficient (Wildman–Crippen LogP) is 2.78. The van der Waals surface area contributed by atoms with E-state index in [1.807, 2.05) is 0 Å². The van der Waals surface area contributed by atoms with Crippen LogP contribution in [0.5, 0.6) is 0 Å². The molecular weight excluding hydrogens is 426 g/mol. The SMILES string of the molecule is COCCCN1C(=O)c2ccc(C(=O)OC(C)C(=O)Nc3ccc(F)cc3F)cc2C1=O. The van der Waals surface area contributed by atoms with Gasteiger partial charge in [0.2, 0.25) is 0 Å². The monoisotopic (exact) mass is 446 g/mol. The first-order valence-electron chi connectivity index (χ1n) is 9.69. The Kier molecular flexibility index (Phi) is 6.94. The van der Waals surface area contributed by atoms with Crippen molar-refractivity contribution in [3.8, 4) is 0 Å². The summed E-state index contributed by atoms with van der Waals surface area (Å²) in [4.78, 5) is 50.7. The molecule has 8 nitrogen and oxygen atoms in total. The maximum Gasteiger partial charge on any atom is 0.338 e. The Labute approximate surface area is 182 Å². The van der Waals surface area contributed by atoms with Crippen LogP contribution in [0.2, 0.25) is 0 Å². The lowest BCUT2D eigenvalue weighted by atomic mass is 10.1. The fourth-order valence-corrected chi connectivity index (χ4v) is 3.10. The summed E-state index contributed by atoms with van der Waals surface area (Å²) in [6.45, 7) is 1.83. The molecule has 0 radical (unpaired) electrons. The number of carbonyl (C=O) groups excluding carboxylic acids is 4. The zero-order valence-electron chi connectivity index (χ0n) is 17.3. The van der Waals surface area contributed by atoms with Gasteiger partial charge in [0.1, 0.15) is 11.6 Å². The van der Waals surface area contributed by atoms with Gasteiger partial charge in [0, 0.05) is 26.3 Å². The van der Waals surface area contributed by atoms with Crippen LogP contribution in [0.1, 0.15) is 44.4 Å². The number of ether oxygens (including phenoxy) is 2. The van der Waals surface area contributed by atoms with Crippen molar-refractivity contribution < 1.29 is 37.4 Å². The van der Waals surface area contributed by atoms with Gasteiger partial charge in [-0.05, 0) is 43.7 Å². The number of nitrogens with one attached hydrogen (secondary N) is 1. The third-order valence-electron chi connectivity index (χ3n) is 4.78. The molecule has 3 amide bonds. The quantitative estimate of drug-likeness (QED) is 0.380. The minimum atomic E-state index is -1.32. The van der Waals surface area contributed by atoms with E-state index in [2.05, 4.69) is 5.32 Å². The number of nitrogens with zero attached hydrogens (tertiary/aromatic N) is 1. The standard InChI is InChI=1S/C22H20F2N2O6/c1-12(19(27)25-18-7-5-14(23)11-17(18)24)32-22(30)13-4-6-15-16(10-13)21(29)26(20(15)28)8-3-9-31-2/h4-7,10-12H,3,8-9H2,1-2H3,(H,25,27). The smallest absolute Gasteiger partial charge is 0.338 e. The molecule has 1 heterocycles. The van der Waals surface area contributed by atoms with Crippen molar-refractivity contribution in [1.82, 2.24) is 4.90 Å². The van der Waals surface area contributed by atoms with Crippen LogP contribution in [0.15, 0.2) is 36.4 Å². The van der Waals surface area contributed by atoms with Gasteiger partial charge >= 0.3 is 5.97 Å². The maximum atomic E-state index is 13.7. The van der Waals surface area contributed by atoms with Crippen LogP contribution < -0.4 is 5.32 Å². The van der Waals surface area contributed by atoms with E-state index >= 15 is 0 Å². The average Bonchev–Trinajstić information content (AvgIpc) is 3.00. The van der Waals surface area contributed by atoms with E-state index < -0.39 is 41.4 Å². The van der Waals surface area contributed by atoms with Gasteiger partial charge in [-0.25, -0.2) is 13.6 Å². The number of carbonyl (C=O) groups is 4. The molecule has 168 valence electrons. The highest BCUT2D eigenvalue weighted by Gasteiger charge is 2.36. The second kappa shape index (κ2) is 9.65. The van der Waals surface area contributed by atoms with Crippen molar-refractivity contribution in [1.29, 1.82) is 0 Å². The molecule has 0 saturated carbocycles. The number of fused-ring (bicyclic) bond motifs is 1. The largest absolute Gasteiger partial charge is 0.449 e. The highest BCUT2D eigenvalue weighted by molar-refractivity contribution is 6.22. The van der Waals surface area contributed by atoms with Crippen LogP contribution >= 0.6 is 0 Å². The summed E-state index contributed by atoms with van der Waals surface area (Å²) in [5.74, 6) is -4.52. The minimum Gasteiger partial charge on any atom is -0.449 e. The van der Waals surface area contributed by atoms with Gasteiger partial charge < -0.3 is 14.8 Å². The van der Waals surface area contributed by atoms with E-state index in [1.54, 1.807) is 0 Å². The summed E-state index contributed by atoms with van der Waals surface area (Å²) in [6, 6.07) is 6.51. The van der Waals surface area contributed by atoms with Gasteiger partial charge in [-0.3, -0.25) is 19.3 Å². The zero-order valence-corrected chi connectivity index (χ0v) is 17.3. The van der Waals surface area contributed by atoms with Crippen LogP contribution in [-0.2, 0) is 14.3 Å². The lowest BCUT2D eigenvalue weighted by Gasteiger charge is -2.14. The first-order chi connectivity index (χ1) is 15.2. The van der Waals surface area contributed by atoms with Crippen LogP contribution in [0, 0.1) is 11.6 Å². The Morgan fingerprint density at radius 2 is 1.78 bits per heavy atom. The molecule has 1 atom stereocenters. The van der Waals surface area contributed by atoms with E-state index in [4.69, 9.17) is 9.47 Å². The normalized spacial score (nSPS) is 13.7. The number of hydrogen-bond donors (Lipinski definition) is 1.